The first-order valence-electron chi connectivity index (χ1n) is 18.5. The maximum atomic E-state index is 5.08. The highest BCUT2D eigenvalue weighted by molar-refractivity contribution is 6.10. The Kier molecular flexibility index (Phi) is 8.12. The van der Waals surface area contributed by atoms with Crippen molar-refractivity contribution in [2.45, 2.75) is 0 Å². The van der Waals surface area contributed by atoms with Crippen molar-refractivity contribution < 1.29 is 0 Å². The van der Waals surface area contributed by atoms with Crippen molar-refractivity contribution in [1.29, 1.82) is 0 Å². The molecule has 10 rings (SSSR count). The minimum absolute atomic E-state index is 0.624. The fourth-order valence-corrected chi connectivity index (χ4v) is 7.47. The van der Waals surface area contributed by atoms with Gasteiger partial charge in [0, 0.05) is 33.2 Å². The Balaban J connectivity index is 1.07. The van der Waals surface area contributed by atoms with Crippen LogP contribution in [-0.4, -0.2) is 19.5 Å². The average Bonchev–Trinajstić information content (AvgIpc) is 3.61. The van der Waals surface area contributed by atoms with E-state index >= 15 is 0 Å². The van der Waals surface area contributed by atoms with E-state index in [1.54, 1.807) is 0 Å². The summed E-state index contributed by atoms with van der Waals surface area (Å²) in [5.41, 5.74) is 13.2. The van der Waals surface area contributed by atoms with Gasteiger partial charge in [-0.05, 0) is 69.8 Å². The van der Waals surface area contributed by atoms with Gasteiger partial charge in [-0.1, -0.05) is 170 Å². The highest BCUT2D eigenvalue weighted by atomic mass is 15.0. The summed E-state index contributed by atoms with van der Waals surface area (Å²) in [7, 11) is 0. The number of hydrogen-bond acceptors (Lipinski definition) is 3. The minimum atomic E-state index is 0.624. The molecule has 0 amide bonds. The highest BCUT2D eigenvalue weighted by Crippen LogP contribution is 2.36. The first-order valence-corrected chi connectivity index (χ1v) is 18.5. The Bertz CT molecular complexity index is 2820. The van der Waals surface area contributed by atoms with Gasteiger partial charge in [-0.2, -0.15) is 0 Å². The van der Waals surface area contributed by atoms with E-state index in [1.807, 2.05) is 12.1 Å². The lowest BCUT2D eigenvalue weighted by Crippen LogP contribution is -2.00. The summed E-state index contributed by atoms with van der Waals surface area (Å²) in [4.78, 5) is 15.2. The second-order valence-corrected chi connectivity index (χ2v) is 13.7. The van der Waals surface area contributed by atoms with Crippen molar-refractivity contribution in [3.8, 4) is 73.2 Å². The van der Waals surface area contributed by atoms with E-state index in [-0.39, 0.29) is 0 Å². The second-order valence-electron chi connectivity index (χ2n) is 13.7. The number of para-hydroxylation sites is 1. The summed E-state index contributed by atoms with van der Waals surface area (Å²) in [5, 5.41) is 2.45. The Hall–Kier alpha value is -7.43. The third-order valence-corrected chi connectivity index (χ3v) is 10.3. The van der Waals surface area contributed by atoms with Gasteiger partial charge in [0.15, 0.2) is 17.5 Å². The van der Waals surface area contributed by atoms with Gasteiger partial charge >= 0.3 is 0 Å². The first kappa shape index (κ1) is 32.2. The summed E-state index contributed by atoms with van der Waals surface area (Å²) in [6.07, 6.45) is 0. The maximum Gasteiger partial charge on any atom is 0.164 e. The molecule has 0 saturated heterocycles. The molecule has 2 heterocycles. The zero-order valence-electron chi connectivity index (χ0n) is 29.9. The number of rotatable bonds is 7. The van der Waals surface area contributed by atoms with Gasteiger partial charge in [-0.25, -0.2) is 15.0 Å². The third kappa shape index (κ3) is 6.16. The van der Waals surface area contributed by atoms with Crippen molar-refractivity contribution >= 4 is 21.8 Å². The SMILES string of the molecule is c1ccc(-c2ccc(-c3nc(-c4ccc(-c5ccccc5)cc4)nc(-c4ccc(-n5c6ccccc6c6ccc(-c7ccccc7)cc65)cc4)n3)cc2)cc1. The third-order valence-electron chi connectivity index (χ3n) is 10.3. The largest absolute Gasteiger partial charge is 0.309 e. The van der Waals surface area contributed by atoms with Gasteiger partial charge in [0.25, 0.3) is 0 Å². The van der Waals surface area contributed by atoms with Crippen LogP contribution >= 0.6 is 0 Å². The zero-order chi connectivity index (χ0) is 36.6. The molecule has 0 aliphatic carbocycles. The van der Waals surface area contributed by atoms with Crippen molar-refractivity contribution in [2.24, 2.45) is 0 Å². The van der Waals surface area contributed by atoms with Gasteiger partial charge in [-0.3, -0.25) is 0 Å². The number of nitrogens with zero attached hydrogens (tertiary/aromatic N) is 4. The molecule has 0 bridgehead atoms. The standard InChI is InChI=1S/C51H34N4/c1-4-12-35(13-5-1)38-20-24-40(25-21-38)49-52-50(41-26-22-39(23-27-41)36-14-6-2-7-15-36)54-51(53-49)42-28-31-44(32-29-42)55-47-19-11-10-18-45(47)46-33-30-43(34-48(46)55)37-16-8-3-9-17-37/h1-34H. The molecule has 0 N–H and O–H groups in total. The Morgan fingerprint density at radius 2 is 0.600 bits per heavy atom. The number of hydrogen-bond donors (Lipinski definition) is 0. The molecule has 0 aliphatic heterocycles. The van der Waals surface area contributed by atoms with Gasteiger partial charge < -0.3 is 4.57 Å². The Labute approximate surface area is 319 Å². The lowest BCUT2D eigenvalue weighted by atomic mass is 10.0. The molecule has 258 valence electrons. The average molecular weight is 703 g/mol. The van der Waals surface area contributed by atoms with E-state index in [0.29, 0.717) is 17.5 Å². The van der Waals surface area contributed by atoms with E-state index in [9.17, 15) is 0 Å². The monoisotopic (exact) mass is 702 g/mol. The van der Waals surface area contributed by atoms with Crippen LogP contribution in [-0.2, 0) is 0 Å². The fourth-order valence-electron chi connectivity index (χ4n) is 7.47. The molecule has 0 atom stereocenters. The minimum Gasteiger partial charge on any atom is -0.309 e. The zero-order valence-corrected chi connectivity index (χ0v) is 29.9. The van der Waals surface area contributed by atoms with Crippen LogP contribution in [0.1, 0.15) is 0 Å². The predicted octanol–water partition coefficient (Wildman–Crippen LogP) is 13.0. The van der Waals surface area contributed by atoms with Crippen molar-refractivity contribution in [3.63, 3.8) is 0 Å². The molecule has 0 radical (unpaired) electrons. The Morgan fingerprint density at radius 1 is 0.255 bits per heavy atom. The maximum absolute atomic E-state index is 5.08. The molecule has 4 nitrogen and oxygen atoms in total. The molecule has 2 aromatic heterocycles. The van der Waals surface area contributed by atoms with Crippen molar-refractivity contribution in [3.05, 3.63) is 206 Å². The van der Waals surface area contributed by atoms with Crippen LogP contribution in [0.4, 0.5) is 0 Å². The molecule has 0 saturated carbocycles. The quantitative estimate of drug-likeness (QED) is 0.166. The second kappa shape index (κ2) is 13.8. The fraction of sp³-hybridized carbons (Fsp3) is 0. The molecule has 10 aromatic rings. The lowest BCUT2D eigenvalue weighted by molar-refractivity contribution is 1.07. The van der Waals surface area contributed by atoms with E-state index in [4.69, 9.17) is 15.0 Å². The molecule has 0 spiro atoms. The van der Waals surface area contributed by atoms with Gasteiger partial charge in [0.1, 0.15) is 0 Å². The van der Waals surface area contributed by atoms with Crippen LogP contribution in [0.25, 0.3) is 95.0 Å². The smallest absolute Gasteiger partial charge is 0.164 e. The first-order chi connectivity index (χ1) is 27.2. The van der Waals surface area contributed by atoms with Gasteiger partial charge in [0.05, 0.1) is 11.0 Å². The number of fused-ring (bicyclic) bond motifs is 3. The molecule has 4 heteroatoms. The summed E-state index contributed by atoms with van der Waals surface area (Å²) in [5.74, 6) is 1.89. The summed E-state index contributed by atoms with van der Waals surface area (Å²) < 4.78 is 2.35. The van der Waals surface area contributed by atoms with Crippen molar-refractivity contribution in [2.75, 3.05) is 0 Å². The topological polar surface area (TPSA) is 43.6 Å². The number of aromatic nitrogens is 4. The normalized spacial score (nSPS) is 11.3. The van der Waals surface area contributed by atoms with Gasteiger partial charge in [-0.15, -0.1) is 0 Å². The van der Waals surface area contributed by atoms with Crippen LogP contribution < -0.4 is 0 Å². The van der Waals surface area contributed by atoms with Crippen LogP contribution in [0.3, 0.4) is 0 Å². The summed E-state index contributed by atoms with van der Waals surface area (Å²) in [6, 6.07) is 72.3. The van der Waals surface area contributed by atoms with Crippen LogP contribution in [0.5, 0.6) is 0 Å². The molecule has 0 fully saturated rings. The number of benzene rings is 8. The molecule has 8 aromatic carbocycles. The highest BCUT2D eigenvalue weighted by Gasteiger charge is 2.16. The van der Waals surface area contributed by atoms with Crippen LogP contribution in [0.2, 0.25) is 0 Å². The van der Waals surface area contributed by atoms with Gasteiger partial charge in [0.2, 0.25) is 0 Å². The molecule has 0 aliphatic rings. The van der Waals surface area contributed by atoms with Crippen LogP contribution in [0.15, 0.2) is 206 Å². The van der Waals surface area contributed by atoms with Crippen molar-refractivity contribution in [1.82, 2.24) is 19.5 Å². The Morgan fingerprint density at radius 3 is 1.09 bits per heavy atom. The van der Waals surface area contributed by atoms with Crippen LogP contribution in [0, 0.1) is 0 Å². The molecule has 0 unspecified atom stereocenters. The van der Waals surface area contributed by atoms with E-state index in [2.05, 4.69) is 199 Å². The summed E-state index contributed by atoms with van der Waals surface area (Å²) >= 11 is 0. The van der Waals surface area contributed by atoms with E-state index in [1.165, 1.54) is 33.0 Å². The summed E-state index contributed by atoms with van der Waals surface area (Å²) in [6.45, 7) is 0. The lowest BCUT2D eigenvalue weighted by Gasteiger charge is -2.12. The van der Waals surface area contributed by atoms with E-state index in [0.717, 1.165) is 44.5 Å². The predicted molar refractivity (Wildman–Crippen MR) is 227 cm³/mol. The molecule has 55 heavy (non-hydrogen) atoms. The molecular formula is C51H34N4. The molecular weight excluding hydrogens is 669 g/mol. The van der Waals surface area contributed by atoms with E-state index < -0.39 is 0 Å².